The summed E-state index contributed by atoms with van der Waals surface area (Å²) in [6.07, 6.45) is 9.00. The summed E-state index contributed by atoms with van der Waals surface area (Å²) < 4.78 is 18.1. The molecule has 0 spiro atoms. The van der Waals surface area contributed by atoms with Crippen LogP contribution in [0.2, 0.25) is 18.1 Å². The maximum atomic E-state index is 14.7. The van der Waals surface area contributed by atoms with Crippen molar-refractivity contribution in [1.82, 2.24) is 9.88 Å². The van der Waals surface area contributed by atoms with Crippen LogP contribution in [0.5, 0.6) is 5.88 Å². The van der Waals surface area contributed by atoms with E-state index in [0.29, 0.717) is 31.6 Å². The highest BCUT2D eigenvalue weighted by Crippen LogP contribution is 2.37. The summed E-state index contributed by atoms with van der Waals surface area (Å²) in [7, 11) is -0.316. The summed E-state index contributed by atoms with van der Waals surface area (Å²) >= 11 is 0. The second-order valence-corrected chi connectivity index (χ2v) is 18.2. The van der Waals surface area contributed by atoms with Crippen LogP contribution < -0.4 is 9.64 Å². The number of allylic oxidation sites excluding steroid dienone is 2. The molecule has 0 aliphatic carbocycles. The quantitative estimate of drug-likeness (QED) is 0.235. The van der Waals surface area contributed by atoms with E-state index >= 15 is 0 Å². The van der Waals surface area contributed by atoms with E-state index in [2.05, 4.69) is 70.0 Å². The van der Waals surface area contributed by atoms with Gasteiger partial charge in [0.2, 0.25) is 5.88 Å². The molecule has 1 fully saturated rings. The summed E-state index contributed by atoms with van der Waals surface area (Å²) in [4.78, 5) is 23.8. The van der Waals surface area contributed by atoms with Gasteiger partial charge in [0.05, 0.1) is 20.3 Å². The average Bonchev–Trinajstić information content (AvgIpc) is 2.97. The smallest absolute Gasteiger partial charge is 0.254 e. The standard InChI is InChI=1S/C35H53N3O4Si/c1-9-38(28-18-21-41-22-19-28)32-17-13-16-30-29(32)15-12-10-11-14-27-24-26(2)36-33(40-6)31(27)25-37(34(30)39)20-23-42-43(7,8)35(3,4)5/h10,12-13,16-17,24,28H,9,11,14-15,18-23,25H2,1-8H3/b12-10+. The number of hydrogen-bond donors (Lipinski definition) is 0. The molecule has 8 heteroatoms. The largest absolute Gasteiger partial charge is 0.481 e. The van der Waals surface area contributed by atoms with Crippen LogP contribution in [-0.2, 0) is 28.5 Å². The summed E-state index contributed by atoms with van der Waals surface area (Å²) in [5.41, 5.74) is 6.12. The molecule has 3 heterocycles. The molecule has 2 aliphatic heterocycles. The maximum Gasteiger partial charge on any atom is 0.254 e. The number of pyridine rings is 1. The summed E-state index contributed by atoms with van der Waals surface area (Å²) in [5.74, 6) is 0.631. The normalized spacial score (nSPS) is 17.9. The molecule has 2 aromatic rings. The van der Waals surface area contributed by atoms with Gasteiger partial charge in [0, 0.05) is 54.9 Å². The van der Waals surface area contributed by atoms with Gasteiger partial charge in [-0.15, -0.1) is 0 Å². The van der Waals surface area contributed by atoms with Crippen molar-refractivity contribution in [3.63, 3.8) is 0 Å². The lowest BCUT2D eigenvalue weighted by molar-refractivity contribution is 0.0708. The Kier molecular flexibility index (Phi) is 11.1. The first-order chi connectivity index (χ1) is 20.5. The number of aryl methyl sites for hydroxylation is 2. The van der Waals surface area contributed by atoms with Gasteiger partial charge in [0.1, 0.15) is 0 Å². The first kappa shape index (κ1) is 33.2. The van der Waals surface area contributed by atoms with Crippen LogP contribution in [0.1, 0.15) is 79.7 Å². The summed E-state index contributed by atoms with van der Waals surface area (Å²) in [6, 6.07) is 8.80. The average molecular weight is 608 g/mol. The molecule has 0 saturated carbocycles. The molecule has 1 saturated heterocycles. The lowest BCUT2D eigenvalue weighted by atomic mass is 9.96. The Morgan fingerprint density at radius 2 is 1.88 bits per heavy atom. The van der Waals surface area contributed by atoms with Crippen LogP contribution in [0.4, 0.5) is 5.69 Å². The fourth-order valence-electron chi connectivity index (χ4n) is 5.98. The van der Waals surface area contributed by atoms with Gasteiger partial charge in [-0.2, -0.15) is 0 Å². The number of amides is 1. The van der Waals surface area contributed by atoms with Crippen molar-refractivity contribution in [2.45, 2.75) is 97.4 Å². The zero-order valence-electron chi connectivity index (χ0n) is 27.8. The van der Waals surface area contributed by atoms with Gasteiger partial charge < -0.3 is 23.7 Å². The highest BCUT2D eigenvalue weighted by molar-refractivity contribution is 6.74. The third kappa shape index (κ3) is 7.89. The van der Waals surface area contributed by atoms with Crippen molar-refractivity contribution in [3.8, 4) is 5.88 Å². The third-order valence-corrected chi connectivity index (χ3v) is 14.0. The number of rotatable bonds is 8. The van der Waals surface area contributed by atoms with Crippen LogP contribution >= 0.6 is 0 Å². The molecule has 0 radical (unpaired) electrons. The number of hydrogen-bond acceptors (Lipinski definition) is 6. The number of carbonyl (C=O) groups is 1. The molecule has 236 valence electrons. The minimum absolute atomic E-state index is 0.0289. The fraction of sp³-hybridized carbons (Fsp3) is 0.600. The molecule has 7 nitrogen and oxygen atoms in total. The third-order valence-electron chi connectivity index (χ3n) is 9.50. The highest BCUT2D eigenvalue weighted by Gasteiger charge is 2.37. The van der Waals surface area contributed by atoms with Crippen LogP contribution in [-0.4, -0.2) is 70.2 Å². The number of fused-ring (bicyclic) bond motifs is 2. The molecular weight excluding hydrogens is 554 g/mol. The molecule has 4 rings (SSSR count). The van der Waals surface area contributed by atoms with E-state index < -0.39 is 8.32 Å². The van der Waals surface area contributed by atoms with Crippen LogP contribution in [0.15, 0.2) is 36.4 Å². The van der Waals surface area contributed by atoms with E-state index in [4.69, 9.17) is 18.9 Å². The van der Waals surface area contributed by atoms with Gasteiger partial charge in [0.25, 0.3) is 5.91 Å². The van der Waals surface area contributed by atoms with E-state index in [9.17, 15) is 4.79 Å². The van der Waals surface area contributed by atoms with Crippen LogP contribution in [0.25, 0.3) is 0 Å². The van der Waals surface area contributed by atoms with E-state index in [0.717, 1.165) is 79.9 Å². The predicted molar refractivity (Wildman–Crippen MR) is 178 cm³/mol. The molecule has 0 N–H and O–H groups in total. The number of aromatic nitrogens is 1. The Morgan fingerprint density at radius 3 is 2.56 bits per heavy atom. The van der Waals surface area contributed by atoms with Crippen LogP contribution in [0, 0.1) is 6.92 Å². The number of carbonyl (C=O) groups excluding carboxylic acids is 1. The number of benzene rings is 1. The first-order valence-corrected chi connectivity index (χ1v) is 19.0. The van der Waals surface area contributed by atoms with Crippen LogP contribution in [0.3, 0.4) is 0 Å². The summed E-state index contributed by atoms with van der Waals surface area (Å²) in [6.45, 7) is 19.4. The van der Waals surface area contributed by atoms with Crippen molar-refractivity contribution in [3.05, 3.63) is 64.4 Å². The van der Waals surface area contributed by atoms with Crippen molar-refractivity contribution >= 4 is 19.9 Å². The molecule has 0 atom stereocenters. The van der Waals surface area contributed by atoms with E-state index in [1.54, 1.807) is 7.11 Å². The second-order valence-electron chi connectivity index (χ2n) is 13.4. The van der Waals surface area contributed by atoms with Gasteiger partial charge in [-0.1, -0.05) is 39.0 Å². The lowest BCUT2D eigenvalue weighted by Gasteiger charge is -2.38. The van der Waals surface area contributed by atoms with E-state index in [-0.39, 0.29) is 10.9 Å². The lowest BCUT2D eigenvalue weighted by Crippen LogP contribution is -2.43. The molecule has 0 unspecified atom stereocenters. The number of ether oxygens (including phenoxy) is 2. The molecular formula is C35H53N3O4Si. The minimum Gasteiger partial charge on any atom is -0.481 e. The van der Waals surface area contributed by atoms with Crippen molar-refractivity contribution < 1.29 is 18.7 Å². The van der Waals surface area contributed by atoms with Gasteiger partial charge >= 0.3 is 0 Å². The number of methoxy groups -OCH3 is 1. The monoisotopic (exact) mass is 607 g/mol. The van der Waals surface area contributed by atoms with Crippen molar-refractivity contribution in [2.75, 3.05) is 44.9 Å². The highest BCUT2D eigenvalue weighted by atomic mass is 28.4. The first-order valence-electron chi connectivity index (χ1n) is 16.0. The Balaban J connectivity index is 1.78. The van der Waals surface area contributed by atoms with Gasteiger partial charge in [0.15, 0.2) is 8.32 Å². The minimum atomic E-state index is -1.98. The Bertz CT molecular complexity index is 1280. The molecule has 1 aromatic heterocycles. The molecule has 1 amide bonds. The SMILES string of the molecule is CCN(c1cccc2c1C/C=C/CCc1cc(C)nc(OC)c1CN(CCO[Si](C)(C)C(C)(C)C)C2=O)C1CCOCC1. The molecule has 1 aromatic carbocycles. The van der Waals surface area contributed by atoms with Crippen molar-refractivity contribution in [1.29, 1.82) is 0 Å². The number of anilines is 1. The topological polar surface area (TPSA) is 64.1 Å². The molecule has 43 heavy (non-hydrogen) atoms. The predicted octanol–water partition coefficient (Wildman–Crippen LogP) is 7.11. The Morgan fingerprint density at radius 1 is 1.14 bits per heavy atom. The van der Waals surface area contributed by atoms with E-state index in [1.807, 2.05) is 24.0 Å². The van der Waals surface area contributed by atoms with Gasteiger partial charge in [-0.3, -0.25) is 4.79 Å². The van der Waals surface area contributed by atoms with E-state index in [1.165, 1.54) is 5.56 Å². The maximum absolute atomic E-state index is 14.7. The van der Waals surface area contributed by atoms with Gasteiger partial charge in [-0.25, -0.2) is 4.98 Å². The number of nitrogens with zero attached hydrogens (tertiary/aromatic N) is 3. The Labute approximate surface area is 260 Å². The molecule has 0 bridgehead atoms. The second kappa shape index (κ2) is 14.4. The Hall–Kier alpha value is -2.68. The zero-order valence-corrected chi connectivity index (χ0v) is 28.8. The summed E-state index contributed by atoms with van der Waals surface area (Å²) in [5, 5.41) is 0.0950. The van der Waals surface area contributed by atoms with Crippen molar-refractivity contribution in [2.24, 2.45) is 0 Å². The zero-order chi connectivity index (χ0) is 31.2. The fourth-order valence-corrected chi connectivity index (χ4v) is 7.01. The molecule has 2 aliphatic rings. The van der Waals surface area contributed by atoms with Gasteiger partial charge in [-0.05, 0) is 93.4 Å².